The molecule has 4 nitrogen and oxygen atoms in total. The zero-order valence-corrected chi connectivity index (χ0v) is 11.7. The topological polar surface area (TPSA) is 53.6 Å². The number of hydrogen-bond acceptors (Lipinski definition) is 2. The molecule has 0 aromatic heterocycles. The van der Waals surface area contributed by atoms with E-state index in [1.165, 1.54) is 25.7 Å². The van der Waals surface area contributed by atoms with Crippen molar-refractivity contribution in [1.29, 1.82) is 0 Å². The second-order valence-corrected chi connectivity index (χ2v) is 5.13. The van der Waals surface area contributed by atoms with Crippen LogP contribution in [0.25, 0.3) is 0 Å². The first kappa shape index (κ1) is 13.9. The minimum absolute atomic E-state index is 0.779. The maximum atomic E-state index is 5.62. The van der Waals surface area contributed by atoms with Gasteiger partial charge < -0.3 is 4.90 Å². The zero-order valence-electron chi connectivity index (χ0n) is 11.7. The maximum absolute atomic E-state index is 5.62. The second kappa shape index (κ2) is 7.14. The lowest BCUT2D eigenvalue weighted by atomic mass is 9.93. The van der Waals surface area contributed by atoms with Crippen LogP contribution in [0.5, 0.6) is 0 Å². The van der Waals surface area contributed by atoms with Crippen molar-refractivity contribution in [3.63, 3.8) is 0 Å². The summed E-state index contributed by atoms with van der Waals surface area (Å²) in [5, 5.41) is 0. The number of para-hydroxylation sites is 1. The van der Waals surface area contributed by atoms with E-state index < -0.39 is 0 Å². The zero-order chi connectivity index (χ0) is 13.5. The Hall–Kier alpha value is -1.55. The van der Waals surface area contributed by atoms with E-state index in [-0.39, 0.29) is 0 Å². The Labute approximate surface area is 115 Å². The van der Waals surface area contributed by atoms with Gasteiger partial charge in [-0.25, -0.2) is 10.8 Å². The van der Waals surface area contributed by atoms with Crippen molar-refractivity contribution in [2.24, 2.45) is 16.8 Å². The first-order valence-corrected chi connectivity index (χ1v) is 7.18. The van der Waals surface area contributed by atoms with Crippen molar-refractivity contribution in [1.82, 2.24) is 10.3 Å². The molecule has 1 aromatic carbocycles. The summed E-state index contributed by atoms with van der Waals surface area (Å²) in [6.45, 7) is 4.34. The molecule has 2 rings (SSSR count). The number of nitrogens with two attached hydrogens (primary N) is 1. The molecule has 0 radical (unpaired) electrons. The minimum Gasteiger partial charge on any atom is -0.342 e. The molecule has 1 aliphatic heterocycles. The van der Waals surface area contributed by atoms with Crippen LogP contribution in [0.4, 0.5) is 5.69 Å². The summed E-state index contributed by atoms with van der Waals surface area (Å²) >= 11 is 0. The van der Waals surface area contributed by atoms with Crippen molar-refractivity contribution in [3.05, 3.63) is 30.3 Å². The number of aliphatic imine (C=N–C) groups is 1. The van der Waals surface area contributed by atoms with Gasteiger partial charge in [-0.1, -0.05) is 38.0 Å². The summed E-state index contributed by atoms with van der Waals surface area (Å²) in [6, 6.07) is 9.94. The Morgan fingerprint density at radius 2 is 2.00 bits per heavy atom. The molecule has 0 atom stereocenters. The van der Waals surface area contributed by atoms with Gasteiger partial charge in [0, 0.05) is 13.1 Å². The molecular formula is C15H24N4. The maximum Gasteiger partial charge on any atom is 0.213 e. The van der Waals surface area contributed by atoms with Gasteiger partial charge in [-0.3, -0.25) is 5.43 Å². The first-order chi connectivity index (χ1) is 9.33. The summed E-state index contributed by atoms with van der Waals surface area (Å²) in [6.07, 6.45) is 5.10. The van der Waals surface area contributed by atoms with E-state index in [2.05, 4.69) is 22.2 Å². The van der Waals surface area contributed by atoms with Crippen LogP contribution in [0, 0.1) is 5.92 Å². The molecule has 1 saturated heterocycles. The number of nitrogens with one attached hydrogen (secondary N) is 1. The third-order valence-electron chi connectivity index (χ3n) is 3.73. The molecule has 1 aliphatic rings. The Morgan fingerprint density at radius 3 is 2.58 bits per heavy atom. The van der Waals surface area contributed by atoms with Crippen LogP contribution in [-0.2, 0) is 0 Å². The third kappa shape index (κ3) is 3.96. The van der Waals surface area contributed by atoms with E-state index >= 15 is 0 Å². The predicted molar refractivity (Wildman–Crippen MR) is 80.1 cm³/mol. The largest absolute Gasteiger partial charge is 0.342 e. The lowest BCUT2D eigenvalue weighted by Crippen LogP contribution is -2.48. The van der Waals surface area contributed by atoms with Gasteiger partial charge in [0.1, 0.15) is 0 Å². The number of hydrazine groups is 1. The molecule has 0 aliphatic carbocycles. The van der Waals surface area contributed by atoms with Crippen molar-refractivity contribution in [3.8, 4) is 0 Å². The average Bonchev–Trinajstić information content (AvgIpc) is 2.47. The van der Waals surface area contributed by atoms with Gasteiger partial charge in [-0.2, -0.15) is 0 Å². The fourth-order valence-corrected chi connectivity index (χ4v) is 2.66. The highest BCUT2D eigenvalue weighted by molar-refractivity contribution is 5.82. The highest BCUT2D eigenvalue weighted by atomic mass is 15.4. The summed E-state index contributed by atoms with van der Waals surface area (Å²) < 4.78 is 0. The van der Waals surface area contributed by atoms with Gasteiger partial charge in [0.05, 0.1) is 5.69 Å². The second-order valence-electron chi connectivity index (χ2n) is 5.13. The number of rotatable bonds is 3. The molecule has 0 saturated carbocycles. The smallest absolute Gasteiger partial charge is 0.213 e. The molecule has 0 unspecified atom stereocenters. The summed E-state index contributed by atoms with van der Waals surface area (Å²) in [7, 11) is 0. The normalized spacial score (nSPS) is 17.6. The number of likely N-dealkylation sites (tertiary alicyclic amines) is 1. The molecular weight excluding hydrogens is 236 g/mol. The molecule has 0 amide bonds. The van der Waals surface area contributed by atoms with E-state index in [1.54, 1.807) is 0 Å². The van der Waals surface area contributed by atoms with E-state index in [0.29, 0.717) is 0 Å². The standard InChI is InChI=1S/C15H24N4/c1-2-6-13-9-11-19(12-10-13)15(18-16)17-14-7-4-3-5-8-14/h3-5,7-8,13H,2,6,9-12,16H2,1H3,(H,17,18). The summed E-state index contributed by atoms with van der Waals surface area (Å²) in [4.78, 5) is 6.83. The molecule has 4 heteroatoms. The molecule has 1 aromatic rings. The Bertz CT molecular complexity index is 394. The predicted octanol–water partition coefficient (Wildman–Crippen LogP) is 2.65. The van der Waals surface area contributed by atoms with Crippen molar-refractivity contribution >= 4 is 11.6 Å². The van der Waals surface area contributed by atoms with E-state index in [1.807, 2.05) is 30.3 Å². The van der Waals surface area contributed by atoms with Crippen LogP contribution in [0.15, 0.2) is 35.3 Å². The van der Waals surface area contributed by atoms with E-state index in [0.717, 1.165) is 30.7 Å². The van der Waals surface area contributed by atoms with Crippen LogP contribution < -0.4 is 11.3 Å². The van der Waals surface area contributed by atoms with Crippen LogP contribution in [0.3, 0.4) is 0 Å². The van der Waals surface area contributed by atoms with Gasteiger partial charge in [0.25, 0.3) is 0 Å². The molecule has 3 N–H and O–H groups in total. The molecule has 0 bridgehead atoms. The number of guanidine groups is 1. The fourth-order valence-electron chi connectivity index (χ4n) is 2.66. The van der Waals surface area contributed by atoms with Crippen molar-refractivity contribution in [2.45, 2.75) is 32.6 Å². The van der Waals surface area contributed by atoms with Crippen molar-refractivity contribution < 1.29 is 0 Å². The number of piperidine rings is 1. The van der Waals surface area contributed by atoms with Gasteiger partial charge in [0.2, 0.25) is 5.96 Å². The highest BCUT2D eigenvalue weighted by Gasteiger charge is 2.20. The monoisotopic (exact) mass is 260 g/mol. The van der Waals surface area contributed by atoms with Gasteiger partial charge in [-0.05, 0) is 30.9 Å². The van der Waals surface area contributed by atoms with Gasteiger partial charge >= 0.3 is 0 Å². The number of hydrogen-bond donors (Lipinski definition) is 2. The van der Waals surface area contributed by atoms with Crippen molar-refractivity contribution in [2.75, 3.05) is 13.1 Å². The van der Waals surface area contributed by atoms with Gasteiger partial charge in [-0.15, -0.1) is 0 Å². The average molecular weight is 260 g/mol. The highest BCUT2D eigenvalue weighted by Crippen LogP contribution is 2.22. The van der Waals surface area contributed by atoms with E-state index in [9.17, 15) is 0 Å². The molecule has 104 valence electrons. The van der Waals surface area contributed by atoms with Crippen LogP contribution in [0.1, 0.15) is 32.6 Å². The summed E-state index contributed by atoms with van der Waals surface area (Å²) in [5.41, 5.74) is 3.68. The third-order valence-corrected chi connectivity index (χ3v) is 3.73. The fraction of sp³-hybridized carbons (Fsp3) is 0.533. The number of nitrogens with zero attached hydrogens (tertiary/aromatic N) is 2. The lowest BCUT2D eigenvalue weighted by molar-refractivity contribution is 0.250. The molecule has 1 fully saturated rings. The quantitative estimate of drug-likeness (QED) is 0.380. The van der Waals surface area contributed by atoms with Crippen LogP contribution in [0.2, 0.25) is 0 Å². The molecule has 19 heavy (non-hydrogen) atoms. The van der Waals surface area contributed by atoms with Crippen LogP contribution >= 0.6 is 0 Å². The Morgan fingerprint density at radius 1 is 1.32 bits per heavy atom. The number of benzene rings is 1. The van der Waals surface area contributed by atoms with Gasteiger partial charge in [0.15, 0.2) is 0 Å². The molecule has 0 spiro atoms. The Balaban J connectivity index is 1.98. The van der Waals surface area contributed by atoms with E-state index in [4.69, 9.17) is 5.84 Å². The molecule has 1 heterocycles. The SMILES string of the molecule is CCCC1CCN(C(=Nc2ccccc2)NN)CC1. The minimum atomic E-state index is 0.779. The lowest BCUT2D eigenvalue weighted by Gasteiger charge is -2.33. The Kier molecular flexibility index (Phi) is 5.21. The van der Waals surface area contributed by atoms with Crippen LogP contribution in [-0.4, -0.2) is 23.9 Å². The summed E-state index contributed by atoms with van der Waals surface area (Å²) in [5.74, 6) is 7.27. The first-order valence-electron chi connectivity index (χ1n) is 7.18.